The molecule has 0 aliphatic heterocycles. The van der Waals surface area contributed by atoms with Crippen LogP contribution in [0.1, 0.15) is 13.3 Å². The summed E-state index contributed by atoms with van der Waals surface area (Å²) < 4.78 is 31.3. The molecule has 0 radical (unpaired) electrons. The molecule has 0 amide bonds. The van der Waals surface area contributed by atoms with Crippen LogP contribution in [0, 0.1) is 0 Å². The predicted octanol–water partition coefficient (Wildman–Crippen LogP) is 0.143. The molecule has 0 saturated carbocycles. The second kappa shape index (κ2) is 5.76. The van der Waals surface area contributed by atoms with Crippen molar-refractivity contribution < 1.29 is 23.2 Å². The largest absolute Gasteiger partial charge is 0.497 e. The average Bonchev–Trinajstić information content (AvgIpc) is 2.96. The monoisotopic (exact) mass is 348 g/mol. The van der Waals surface area contributed by atoms with E-state index in [0.717, 1.165) is 3.97 Å². The van der Waals surface area contributed by atoms with Gasteiger partial charge in [0.25, 0.3) is 0 Å². The lowest BCUT2D eigenvalue weighted by Crippen LogP contribution is -2.38. The van der Waals surface area contributed by atoms with Crippen molar-refractivity contribution in [2.45, 2.75) is 18.1 Å². The number of rotatable bonds is 4. The van der Waals surface area contributed by atoms with Gasteiger partial charge in [-0.1, -0.05) is 6.08 Å². The summed E-state index contributed by atoms with van der Waals surface area (Å²) in [6.07, 6.45) is 7.81. The van der Waals surface area contributed by atoms with Crippen LogP contribution in [0.2, 0.25) is 0 Å². The summed E-state index contributed by atoms with van der Waals surface area (Å²) in [5.74, 6) is 0.602. The van der Waals surface area contributed by atoms with Gasteiger partial charge in [-0.2, -0.15) is 0 Å². The van der Waals surface area contributed by atoms with Crippen LogP contribution in [0.15, 0.2) is 48.5 Å². The topological polar surface area (TPSA) is 102 Å². The van der Waals surface area contributed by atoms with Gasteiger partial charge in [0.2, 0.25) is 10.0 Å². The maximum atomic E-state index is 13.2. The molecule has 0 bridgehead atoms. The standard InChI is InChI=1S/C15H17BN2O5S/c1-15(7-5-11(23-2)6-8-15)24(21,22)18-10-13(16(19)20)12-4-3-9-17-14(12)18/h3-7,9-10,19-20H,8H2,1-2H3. The van der Waals surface area contributed by atoms with E-state index in [9.17, 15) is 18.5 Å². The molecule has 1 unspecified atom stereocenters. The highest BCUT2D eigenvalue weighted by Gasteiger charge is 2.40. The summed E-state index contributed by atoms with van der Waals surface area (Å²) in [6, 6.07) is 3.21. The zero-order chi connectivity index (χ0) is 17.5. The van der Waals surface area contributed by atoms with Crippen LogP contribution in [0.3, 0.4) is 0 Å². The summed E-state index contributed by atoms with van der Waals surface area (Å²) in [7, 11) is -4.16. The molecule has 1 aliphatic carbocycles. The molecule has 2 N–H and O–H groups in total. The number of aromatic nitrogens is 2. The van der Waals surface area contributed by atoms with Gasteiger partial charge in [-0.25, -0.2) is 17.4 Å². The summed E-state index contributed by atoms with van der Waals surface area (Å²) >= 11 is 0. The van der Waals surface area contributed by atoms with Crippen molar-refractivity contribution in [2.75, 3.05) is 7.11 Å². The molecule has 24 heavy (non-hydrogen) atoms. The number of allylic oxidation sites excluding steroid dienone is 2. The number of nitrogens with zero attached hydrogens (tertiary/aromatic N) is 2. The number of pyridine rings is 1. The summed E-state index contributed by atoms with van der Waals surface area (Å²) in [5, 5.41) is 19.4. The Morgan fingerprint density at radius 3 is 2.75 bits per heavy atom. The van der Waals surface area contributed by atoms with Gasteiger partial charge in [-0.3, -0.25) is 0 Å². The fourth-order valence-corrected chi connectivity index (χ4v) is 4.32. The lowest BCUT2D eigenvalue weighted by Gasteiger charge is -2.28. The minimum absolute atomic E-state index is 0.0955. The van der Waals surface area contributed by atoms with Gasteiger partial charge in [-0.05, 0) is 37.6 Å². The highest BCUT2D eigenvalue weighted by atomic mass is 32.2. The van der Waals surface area contributed by atoms with E-state index < -0.39 is 21.9 Å². The second-order valence-corrected chi connectivity index (χ2v) is 8.07. The molecule has 3 rings (SSSR count). The Morgan fingerprint density at radius 2 is 2.17 bits per heavy atom. The van der Waals surface area contributed by atoms with Crippen molar-refractivity contribution in [3.05, 3.63) is 48.5 Å². The molecule has 1 aliphatic rings. The third-order valence-electron chi connectivity index (χ3n) is 4.23. The first-order valence-electron chi connectivity index (χ1n) is 7.31. The van der Waals surface area contributed by atoms with E-state index in [1.165, 1.54) is 19.5 Å². The van der Waals surface area contributed by atoms with Crippen molar-refractivity contribution >= 4 is 33.6 Å². The van der Waals surface area contributed by atoms with Crippen molar-refractivity contribution in [3.63, 3.8) is 0 Å². The second-order valence-electron chi connectivity index (χ2n) is 5.79. The average molecular weight is 348 g/mol. The van der Waals surface area contributed by atoms with E-state index in [0.29, 0.717) is 11.1 Å². The Bertz CT molecular complexity index is 948. The Morgan fingerprint density at radius 1 is 1.42 bits per heavy atom. The van der Waals surface area contributed by atoms with Crippen LogP contribution < -0.4 is 5.46 Å². The van der Waals surface area contributed by atoms with Crippen molar-refractivity contribution in [1.82, 2.24) is 8.96 Å². The van der Waals surface area contributed by atoms with Gasteiger partial charge in [0, 0.05) is 23.2 Å². The van der Waals surface area contributed by atoms with Crippen molar-refractivity contribution in [3.8, 4) is 0 Å². The smallest absolute Gasteiger partial charge is 0.490 e. The lowest BCUT2D eigenvalue weighted by molar-refractivity contribution is 0.302. The van der Waals surface area contributed by atoms with Gasteiger partial charge in [-0.15, -0.1) is 0 Å². The van der Waals surface area contributed by atoms with Gasteiger partial charge in [0.1, 0.15) is 10.5 Å². The van der Waals surface area contributed by atoms with Gasteiger partial charge in [0.15, 0.2) is 5.65 Å². The molecule has 0 fully saturated rings. The lowest BCUT2D eigenvalue weighted by atomic mass is 9.80. The molecule has 1 atom stereocenters. The van der Waals surface area contributed by atoms with E-state index in [1.807, 2.05) is 0 Å². The molecule has 2 aromatic heterocycles. The van der Waals surface area contributed by atoms with Gasteiger partial charge >= 0.3 is 7.12 Å². The normalized spacial score (nSPS) is 20.9. The molecule has 2 aromatic rings. The quantitative estimate of drug-likeness (QED) is 0.763. The van der Waals surface area contributed by atoms with Crippen LogP contribution >= 0.6 is 0 Å². The molecule has 0 spiro atoms. The van der Waals surface area contributed by atoms with E-state index in [2.05, 4.69) is 4.98 Å². The van der Waals surface area contributed by atoms with Crippen LogP contribution in [0.25, 0.3) is 11.0 Å². The molecular formula is C15H17BN2O5S. The number of ether oxygens (including phenoxy) is 1. The fourth-order valence-electron chi connectivity index (χ4n) is 2.71. The predicted molar refractivity (Wildman–Crippen MR) is 91.1 cm³/mol. The molecular weight excluding hydrogens is 331 g/mol. The zero-order valence-corrected chi connectivity index (χ0v) is 14.1. The molecule has 9 heteroatoms. The fraction of sp³-hybridized carbons (Fsp3) is 0.267. The van der Waals surface area contributed by atoms with Gasteiger partial charge < -0.3 is 14.8 Å². The SMILES string of the molecule is COC1=CCC(C)(S(=O)(=O)n2cc(B(O)O)c3cccnc32)C=C1. The number of methoxy groups -OCH3 is 1. The first-order valence-corrected chi connectivity index (χ1v) is 8.75. The van der Waals surface area contributed by atoms with E-state index in [4.69, 9.17) is 4.74 Å². The summed E-state index contributed by atoms with van der Waals surface area (Å²) in [6.45, 7) is 1.60. The summed E-state index contributed by atoms with van der Waals surface area (Å²) in [4.78, 5) is 4.10. The highest BCUT2D eigenvalue weighted by Crippen LogP contribution is 2.32. The van der Waals surface area contributed by atoms with Crippen LogP contribution in [0.5, 0.6) is 0 Å². The first kappa shape index (κ1) is 16.8. The van der Waals surface area contributed by atoms with Crippen molar-refractivity contribution in [2.24, 2.45) is 0 Å². The van der Waals surface area contributed by atoms with E-state index in [-0.39, 0.29) is 17.5 Å². The zero-order valence-electron chi connectivity index (χ0n) is 13.2. The van der Waals surface area contributed by atoms with E-state index in [1.54, 1.807) is 37.3 Å². The minimum Gasteiger partial charge on any atom is -0.497 e. The first-order chi connectivity index (χ1) is 11.3. The number of fused-ring (bicyclic) bond motifs is 1. The molecule has 0 saturated heterocycles. The summed E-state index contributed by atoms with van der Waals surface area (Å²) in [5.41, 5.74) is 0.259. The third kappa shape index (κ3) is 2.45. The third-order valence-corrected chi connectivity index (χ3v) is 6.51. The molecule has 2 heterocycles. The maximum absolute atomic E-state index is 13.2. The van der Waals surface area contributed by atoms with Crippen molar-refractivity contribution in [1.29, 1.82) is 0 Å². The number of hydrogen-bond acceptors (Lipinski definition) is 6. The Balaban J connectivity index is 2.17. The maximum Gasteiger partial charge on any atom is 0.490 e. The number of hydrogen-bond donors (Lipinski definition) is 2. The van der Waals surface area contributed by atoms with Crippen LogP contribution in [-0.4, -0.2) is 46.4 Å². The molecule has 0 aromatic carbocycles. The van der Waals surface area contributed by atoms with Crippen LogP contribution in [-0.2, 0) is 14.8 Å². The Hall–Kier alpha value is -2.10. The highest BCUT2D eigenvalue weighted by molar-refractivity contribution is 7.91. The van der Waals surface area contributed by atoms with E-state index >= 15 is 0 Å². The minimum atomic E-state index is -3.89. The molecule has 126 valence electrons. The molecule has 7 nitrogen and oxygen atoms in total. The van der Waals surface area contributed by atoms with Gasteiger partial charge in [0.05, 0.1) is 7.11 Å². The Kier molecular flexibility index (Phi) is 4.02. The van der Waals surface area contributed by atoms with Crippen LogP contribution in [0.4, 0.5) is 0 Å². The Labute approximate surface area is 140 Å².